The standard InChI is InChI=1S/C31H43F2N5O2/c1-4-5-15-37-29(39)27(18-23-9-7-6-8-10-23)34-30(40)31(37)13-16-36(17-14-31)20-25-21(2)35-38(22(25)3)28-12-11-24(32)19-26(28)33/h11-12,19,23,27H,4-10,13-18,20H2,1-3H3,(H,34,40). The van der Waals surface area contributed by atoms with Gasteiger partial charge in [0.2, 0.25) is 11.8 Å². The summed E-state index contributed by atoms with van der Waals surface area (Å²) in [6, 6.07) is 3.11. The third-order valence-electron chi connectivity index (χ3n) is 9.48. The van der Waals surface area contributed by atoms with Crippen molar-refractivity contribution in [2.24, 2.45) is 5.92 Å². The summed E-state index contributed by atoms with van der Waals surface area (Å²) in [5.41, 5.74) is 2.03. The van der Waals surface area contributed by atoms with Crippen LogP contribution in [0.3, 0.4) is 0 Å². The van der Waals surface area contributed by atoms with Gasteiger partial charge < -0.3 is 10.2 Å². The van der Waals surface area contributed by atoms with E-state index in [1.165, 1.54) is 36.1 Å². The number of carbonyl (C=O) groups is 2. The Bertz CT molecular complexity index is 1230. The number of halogens is 2. The largest absolute Gasteiger partial charge is 0.342 e. The Morgan fingerprint density at radius 2 is 1.80 bits per heavy atom. The zero-order valence-electron chi connectivity index (χ0n) is 24.1. The molecule has 1 saturated carbocycles. The molecule has 9 heteroatoms. The molecular weight excluding hydrogens is 512 g/mol. The van der Waals surface area contributed by atoms with Gasteiger partial charge in [0.25, 0.3) is 0 Å². The molecule has 7 nitrogen and oxygen atoms in total. The predicted octanol–water partition coefficient (Wildman–Crippen LogP) is 5.20. The van der Waals surface area contributed by atoms with Gasteiger partial charge in [0, 0.05) is 43.5 Å². The first-order valence-corrected chi connectivity index (χ1v) is 15.1. The van der Waals surface area contributed by atoms with Crippen molar-refractivity contribution in [1.29, 1.82) is 0 Å². The van der Waals surface area contributed by atoms with E-state index in [0.29, 0.717) is 44.9 Å². The van der Waals surface area contributed by atoms with Gasteiger partial charge in [-0.25, -0.2) is 13.5 Å². The molecule has 3 fully saturated rings. The quantitative estimate of drug-likeness (QED) is 0.486. The van der Waals surface area contributed by atoms with Crippen LogP contribution >= 0.6 is 0 Å². The molecule has 1 aromatic carbocycles. The summed E-state index contributed by atoms with van der Waals surface area (Å²) in [6.07, 6.45) is 9.79. The van der Waals surface area contributed by atoms with E-state index in [9.17, 15) is 18.4 Å². The lowest BCUT2D eigenvalue weighted by Crippen LogP contribution is -2.73. The average Bonchev–Trinajstić information content (AvgIpc) is 3.21. The Kier molecular flexibility index (Phi) is 8.59. The maximum atomic E-state index is 14.5. The van der Waals surface area contributed by atoms with E-state index in [-0.39, 0.29) is 17.5 Å². The van der Waals surface area contributed by atoms with E-state index in [2.05, 4.69) is 22.2 Å². The maximum absolute atomic E-state index is 14.5. The Morgan fingerprint density at radius 1 is 1.07 bits per heavy atom. The van der Waals surface area contributed by atoms with E-state index in [4.69, 9.17) is 0 Å². The molecular formula is C31H43F2N5O2. The van der Waals surface area contributed by atoms with Crippen LogP contribution in [0.25, 0.3) is 5.69 Å². The molecule has 1 aliphatic carbocycles. The molecule has 2 aliphatic heterocycles. The van der Waals surface area contributed by atoms with Crippen molar-refractivity contribution >= 4 is 11.8 Å². The number of piperazine rings is 1. The SMILES string of the molecule is CCCCN1C(=O)C(CC2CCCCC2)NC(=O)C12CCN(Cc1c(C)nn(-c3ccc(F)cc3F)c1C)CC2. The molecule has 1 N–H and O–H groups in total. The van der Waals surface area contributed by atoms with Crippen LogP contribution in [-0.2, 0) is 16.1 Å². The zero-order valence-corrected chi connectivity index (χ0v) is 24.1. The molecule has 1 unspecified atom stereocenters. The van der Waals surface area contributed by atoms with Crippen LogP contribution in [0.15, 0.2) is 18.2 Å². The number of amides is 2. The number of rotatable bonds is 8. The Labute approximate surface area is 236 Å². The third kappa shape index (κ3) is 5.54. The summed E-state index contributed by atoms with van der Waals surface area (Å²) in [5.74, 6) is -0.650. The fourth-order valence-electron chi connectivity index (χ4n) is 7.03. The Hall–Kier alpha value is -2.81. The first-order valence-electron chi connectivity index (χ1n) is 15.1. The summed E-state index contributed by atoms with van der Waals surface area (Å²) in [6.45, 7) is 8.50. The van der Waals surface area contributed by atoms with Gasteiger partial charge in [-0.1, -0.05) is 45.4 Å². The van der Waals surface area contributed by atoms with Crippen molar-refractivity contribution in [2.75, 3.05) is 19.6 Å². The zero-order chi connectivity index (χ0) is 28.4. The summed E-state index contributed by atoms with van der Waals surface area (Å²) < 4.78 is 29.5. The summed E-state index contributed by atoms with van der Waals surface area (Å²) in [7, 11) is 0. The number of hydrogen-bond acceptors (Lipinski definition) is 4. The monoisotopic (exact) mass is 555 g/mol. The van der Waals surface area contributed by atoms with Crippen LogP contribution in [0.2, 0.25) is 0 Å². The number of aromatic nitrogens is 2. The average molecular weight is 556 g/mol. The van der Waals surface area contributed by atoms with E-state index in [1.54, 1.807) is 0 Å². The minimum absolute atomic E-state index is 0.00984. The van der Waals surface area contributed by atoms with Gasteiger partial charge in [-0.2, -0.15) is 5.10 Å². The van der Waals surface area contributed by atoms with E-state index in [1.807, 2.05) is 18.7 Å². The van der Waals surface area contributed by atoms with E-state index < -0.39 is 23.2 Å². The molecule has 2 aromatic rings. The second-order valence-corrected chi connectivity index (χ2v) is 12.1. The van der Waals surface area contributed by atoms with Crippen molar-refractivity contribution in [1.82, 2.24) is 24.9 Å². The number of unbranched alkanes of at least 4 members (excludes halogenated alkanes) is 1. The fourth-order valence-corrected chi connectivity index (χ4v) is 7.03. The van der Waals surface area contributed by atoms with Crippen molar-refractivity contribution < 1.29 is 18.4 Å². The van der Waals surface area contributed by atoms with Gasteiger partial charge in [-0.05, 0) is 57.6 Å². The molecule has 0 radical (unpaired) electrons. The predicted molar refractivity (Wildman–Crippen MR) is 150 cm³/mol. The van der Waals surface area contributed by atoms with Crippen LogP contribution < -0.4 is 5.32 Å². The van der Waals surface area contributed by atoms with Crippen molar-refractivity contribution in [2.45, 2.75) is 103 Å². The molecule has 218 valence electrons. The smallest absolute Gasteiger partial charge is 0.246 e. The highest BCUT2D eigenvalue weighted by atomic mass is 19.1. The van der Waals surface area contributed by atoms with E-state index in [0.717, 1.165) is 55.1 Å². The molecule has 3 heterocycles. The van der Waals surface area contributed by atoms with Crippen LogP contribution in [-0.4, -0.2) is 62.6 Å². The number of nitrogens with one attached hydrogen (secondary N) is 1. The lowest BCUT2D eigenvalue weighted by Gasteiger charge is -2.52. The normalized spacial score (nSPS) is 22.2. The summed E-state index contributed by atoms with van der Waals surface area (Å²) in [4.78, 5) is 31.8. The molecule has 1 atom stereocenters. The first kappa shape index (κ1) is 28.7. The number of piperidine rings is 1. The summed E-state index contributed by atoms with van der Waals surface area (Å²) in [5, 5.41) is 7.72. The van der Waals surface area contributed by atoms with Crippen molar-refractivity contribution in [3.05, 3.63) is 46.8 Å². The van der Waals surface area contributed by atoms with Crippen molar-refractivity contribution in [3.8, 4) is 5.69 Å². The van der Waals surface area contributed by atoms with Crippen LogP contribution in [0.4, 0.5) is 8.78 Å². The number of carbonyl (C=O) groups excluding carboxylic acids is 2. The number of likely N-dealkylation sites (tertiary alicyclic amines) is 1. The fraction of sp³-hybridized carbons (Fsp3) is 0.645. The van der Waals surface area contributed by atoms with Crippen molar-refractivity contribution in [3.63, 3.8) is 0 Å². The number of aryl methyl sites for hydroxylation is 1. The number of benzene rings is 1. The molecule has 5 rings (SSSR count). The van der Waals surface area contributed by atoms with Gasteiger partial charge in [-0.3, -0.25) is 14.5 Å². The molecule has 3 aliphatic rings. The molecule has 2 saturated heterocycles. The molecule has 40 heavy (non-hydrogen) atoms. The molecule has 1 aromatic heterocycles. The van der Waals surface area contributed by atoms with Crippen LogP contribution in [0.1, 0.15) is 88.1 Å². The lowest BCUT2D eigenvalue weighted by molar-refractivity contribution is -0.162. The molecule has 0 bridgehead atoms. The lowest BCUT2D eigenvalue weighted by atomic mass is 9.79. The highest BCUT2D eigenvalue weighted by molar-refractivity contribution is 6.00. The highest BCUT2D eigenvalue weighted by Gasteiger charge is 2.53. The van der Waals surface area contributed by atoms with Gasteiger partial charge in [0.1, 0.15) is 23.1 Å². The highest BCUT2D eigenvalue weighted by Crippen LogP contribution is 2.36. The Balaban J connectivity index is 1.29. The maximum Gasteiger partial charge on any atom is 0.246 e. The number of hydrogen-bond donors (Lipinski definition) is 1. The first-order chi connectivity index (χ1) is 19.2. The molecule has 1 spiro atoms. The second-order valence-electron chi connectivity index (χ2n) is 12.1. The van der Waals surface area contributed by atoms with Gasteiger partial charge in [0.05, 0.1) is 5.69 Å². The number of nitrogens with zero attached hydrogens (tertiary/aromatic N) is 4. The third-order valence-corrected chi connectivity index (χ3v) is 9.48. The van der Waals surface area contributed by atoms with Gasteiger partial charge in [0.15, 0.2) is 5.82 Å². The minimum Gasteiger partial charge on any atom is -0.342 e. The van der Waals surface area contributed by atoms with Crippen LogP contribution in [0.5, 0.6) is 0 Å². The van der Waals surface area contributed by atoms with Gasteiger partial charge >= 0.3 is 0 Å². The minimum atomic E-state index is -0.794. The van der Waals surface area contributed by atoms with Gasteiger partial charge in [-0.15, -0.1) is 0 Å². The van der Waals surface area contributed by atoms with E-state index >= 15 is 0 Å². The van der Waals surface area contributed by atoms with Crippen LogP contribution in [0, 0.1) is 31.4 Å². The summed E-state index contributed by atoms with van der Waals surface area (Å²) >= 11 is 0. The second kappa shape index (κ2) is 12.0. The molecule has 2 amide bonds. The Morgan fingerprint density at radius 3 is 2.48 bits per heavy atom. The topological polar surface area (TPSA) is 70.5 Å².